The molecule has 0 spiro atoms. The van der Waals surface area contributed by atoms with Gasteiger partial charge in [0, 0.05) is 0 Å². The third-order valence-electron chi connectivity index (χ3n) is 0.667. The number of hydrogen-bond acceptors (Lipinski definition) is 0. The van der Waals surface area contributed by atoms with Gasteiger partial charge in [0.1, 0.15) is 0 Å². The minimum Gasteiger partial charge on any atom is -0.0630 e. The highest BCUT2D eigenvalue weighted by Gasteiger charge is 1.69. The fourth-order valence-electron chi connectivity index (χ4n) is 0.385. The van der Waals surface area contributed by atoms with Crippen molar-refractivity contribution in [2.24, 2.45) is 23.7 Å². The molecule has 0 saturated carbocycles. The van der Waals surface area contributed by atoms with Gasteiger partial charge in [0.05, 0.1) is 0 Å². The van der Waals surface area contributed by atoms with E-state index in [-0.39, 0.29) is 0 Å². The van der Waals surface area contributed by atoms with E-state index in [0.29, 0.717) is 0 Å². The molecule has 1 aromatic carbocycles. The topological polar surface area (TPSA) is 0 Å². The van der Waals surface area contributed by atoms with E-state index in [0.717, 1.165) is 23.7 Å². The average Bonchev–Trinajstić information content (AvgIpc) is 2.28. The van der Waals surface area contributed by atoms with Crippen LogP contribution in [0.25, 0.3) is 0 Å². The van der Waals surface area contributed by atoms with Crippen LogP contribution < -0.4 is 0 Å². The summed E-state index contributed by atoms with van der Waals surface area (Å²) in [4.78, 5) is 0. The van der Waals surface area contributed by atoms with Crippen LogP contribution in [0.3, 0.4) is 0 Å². The van der Waals surface area contributed by atoms with Crippen LogP contribution in [0.15, 0.2) is 36.4 Å². The van der Waals surface area contributed by atoms with Crippen molar-refractivity contribution >= 4 is 0 Å². The fourth-order valence-corrected chi connectivity index (χ4v) is 0.385. The monoisotopic (exact) mass is 310 g/mol. The number of rotatable bonds is 0. The maximum Gasteiger partial charge on any atom is -0.0500 e. The van der Waals surface area contributed by atoms with E-state index in [4.69, 9.17) is 0 Å². The standard InChI is InChI=1S/C6H6.4C4H10/c1-2-4-6-5-3-1;4*1-4(2)3/h1-6H;4*4H,1-3H3. The van der Waals surface area contributed by atoms with Crippen LogP contribution in [-0.2, 0) is 0 Å². The zero-order valence-electron chi connectivity index (χ0n) is 17.8. The van der Waals surface area contributed by atoms with Gasteiger partial charge in [-0.2, -0.15) is 0 Å². The Morgan fingerprint density at radius 3 is 0.364 bits per heavy atom. The molecule has 0 amide bonds. The molecule has 0 aliphatic rings. The second kappa shape index (κ2) is 25.2. The number of benzene rings is 1. The third kappa shape index (κ3) is 234. The van der Waals surface area contributed by atoms with Crippen LogP contribution in [0, 0.1) is 23.7 Å². The van der Waals surface area contributed by atoms with Gasteiger partial charge in [-0.05, 0) is 23.7 Å². The molecule has 1 aromatic rings. The van der Waals surface area contributed by atoms with E-state index in [1.165, 1.54) is 0 Å². The molecule has 0 heterocycles. The lowest BCUT2D eigenvalue weighted by Gasteiger charge is -1.79. The zero-order chi connectivity index (χ0) is 18.6. The summed E-state index contributed by atoms with van der Waals surface area (Å²) in [6, 6.07) is 12.0. The summed E-state index contributed by atoms with van der Waals surface area (Å²) in [6.07, 6.45) is 0. The van der Waals surface area contributed by atoms with E-state index >= 15 is 0 Å². The molecule has 0 aliphatic heterocycles. The summed E-state index contributed by atoms with van der Waals surface area (Å²) in [5.74, 6) is 3.33. The molecular formula is C22H46. The van der Waals surface area contributed by atoms with Crippen molar-refractivity contribution in [2.45, 2.75) is 83.1 Å². The Hall–Kier alpha value is -0.780. The average molecular weight is 311 g/mol. The molecule has 0 N–H and O–H groups in total. The molecular weight excluding hydrogens is 264 g/mol. The minimum absolute atomic E-state index is 0.833. The Bertz CT molecular complexity index is 170. The van der Waals surface area contributed by atoms with E-state index in [1.54, 1.807) is 0 Å². The summed E-state index contributed by atoms with van der Waals surface area (Å²) < 4.78 is 0. The largest absolute Gasteiger partial charge is 0.0630 e. The molecule has 0 atom stereocenters. The Balaban J connectivity index is -0.0000000937. The first kappa shape index (κ1) is 29.3. The van der Waals surface area contributed by atoms with Gasteiger partial charge >= 0.3 is 0 Å². The van der Waals surface area contributed by atoms with Gasteiger partial charge < -0.3 is 0 Å². The SMILES string of the molecule is CC(C)C.CC(C)C.CC(C)C.CC(C)C.c1ccccc1. The van der Waals surface area contributed by atoms with Gasteiger partial charge in [0.25, 0.3) is 0 Å². The lowest BCUT2D eigenvalue weighted by Crippen LogP contribution is -1.66. The molecule has 0 nitrogen and oxygen atoms in total. The molecule has 0 bridgehead atoms. The summed E-state index contributed by atoms with van der Waals surface area (Å²) in [6.45, 7) is 26.0. The van der Waals surface area contributed by atoms with Crippen molar-refractivity contribution in [2.75, 3.05) is 0 Å². The predicted octanol–water partition coefficient (Wildman–Crippen LogP) is 8.34. The maximum absolute atomic E-state index is 2.17. The van der Waals surface area contributed by atoms with E-state index in [1.807, 2.05) is 36.4 Å². The Labute approximate surface area is 143 Å². The van der Waals surface area contributed by atoms with Crippen LogP contribution in [0.1, 0.15) is 83.1 Å². The van der Waals surface area contributed by atoms with Gasteiger partial charge in [-0.15, -0.1) is 0 Å². The molecule has 0 radical (unpaired) electrons. The van der Waals surface area contributed by atoms with Crippen molar-refractivity contribution in [1.29, 1.82) is 0 Å². The van der Waals surface area contributed by atoms with Gasteiger partial charge in [0.15, 0.2) is 0 Å². The van der Waals surface area contributed by atoms with Gasteiger partial charge in [-0.1, -0.05) is 119 Å². The quantitative estimate of drug-likeness (QED) is 0.451. The number of hydrogen-bond donors (Lipinski definition) is 0. The summed E-state index contributed by atoms with van der Waals surface area (Å²) in [5.41, 5.74) is 0. The van der Waals surface area contributed by atoms with Crippen molar-refractivity contribution in [1.82, 2.24) is 0 Å². The highest BCUT2D eigenvalue weighted by atomic mass is 13.8. The minimum atomic E-state index is 0.833. The summed E-state index contributed by atoms with van der Waals surface area (Å²) in [5, 5.41) is 0. The third-order valence-corrected chi connectivity index (χ3v) is 0.667. The van der Waals surface area contributed by atoms with Crippen LogP contribution >= 0.6 is 0 Å². The Kier molecular flexibility index (Phi) is 33.5. The highest BCUT2D eigenvalue weighted by Crippen LogP contribution is 1.82. The van der Waals surface area contributed by atoms with Crippen LogP contribution in [0.5, 0.6) is 0 Å². The van der Waals surface area contributed by atoms with Crippen LogP contribution in [-0.4, -0.2) is 0 Å². The summed E-state index contributed by atoms with van der Waals surface area (Å²) in [7, 11) is 0. The first-order chi connectivity index (χ1) is 9.93. The van der Waals surface area contributed by atoms with Gasteiger partial charge in [-0.25, -0.2) is 0 Å². The first-order valence-corrected chi connectivity index (χ1v) is 8.93. The smallest absolute Gasteiger partial charge is 0.0500 e. The van der Waals surface area contributed by atoms with E-state index in [9.17, 15) is 0 Å². The molecule has 0 unspecified atom stereocenters. The second-order valence-electron chi connectivity index (χ2n) is 8.08. The Morgan fingerprint density at radius 2 is 0.318 bits per heavy atom. The van der Waals surface area contributed by atoms with Crippen LogP contribution in [0.2, 0.25) is 0 Å². The first-order valence-electron chi connectivity index (χ1n) is 8.93. The molecule has 0 aromatic heterocycles. The normalized spacial score (nSPS) is 8.73. The predicted molar refractivity (Wildman–Crippen MR) is 108 cm³/mol. The Morgan fingerprint density at radius 1 is 0.273 bits per heavy atom. The molecule has 22 heavy (non-hydrogen) atoms. The summed E-state index contributed by atoms with van der Waals surface area (Å²) >= 11 is 0. The van der Waals surface area contributed by atoms with E-state index < -0.39 is 0 Å². The lowest BCUT2D eigenvalue weighted by molar-refractivity contribution is 0.736. The maximum atomic E-state index is 2.17. The highest BCUT2D eigenvalue weighted by molar-refractivity contribution is 4.99. The second-order valence-corrected chi connectivity index (χ2v) is 8.08. The molecule has 0 saturated heterocycles. The van der Waals surface area contributed by atoms with Crippen molar-refractivity contribution in [3.05, 3.63) is 36.4 Å². The molecule has 0 fully saturated rings. The fraction of sp³-hybridized carbons (Fsp3) is 0.727. The van der Waals surface area contributed by atoms with Gasteiger partial charge in [0.2, 0.25) is 0 Å². The van der Waals surface area contributed by atoms with Crippen molar-refractivity contribution < 1.29 is 0 Å². The van der Waals surface area contributed by atoms with Crippen LogP contribution in [0.4, 0.5) is 0 Å². The van der Waals surface area contributed by atoms with Crippen molar-refractivity contribution in [3.63, 3.8) is 0 Å². The van der Waals surface area contributed by atoms with Gasteiger partial charge in [-0.3, -0.25) is 0 Å². The zero-order valence-corrected chi connectivity index (χ0v) is 17.8. The molecule has 0 heteroatoms. The van der Waals surface area contributed by atoms with Crippen molar-refractivity contribution in [3.8, 4) is 0 Å². The molecule has 1 rings (SSSR count). The lowest BCUT2D eigenvalue weighted by atomic mass is 10.3. The molecule has 134 valence electrons. The van der Waals surface area contributed by atoms with E-state index in [2.05, 4.69) is 83.1 Å². The molecule has 0 aliphatic carbocycles.